The van der Waals surface area contributed by atoms with Gasteiger partial charge in [0.25, 0.3) is 0 Å². The van der Waals surface area contributed by atoms with Crippen molar-refractivity contribution in [2.75, 3.05) is 0 Å². The Labute approximate surface area is 178 Å². The molecule has 0 fully saturated rings. The second-order valence-electron chi connectivity index (χ2n) is 6.73. The van der Waals surface area contributed by atoms with Gasteiger partial charge >= 0.3 is 0 Å². The Morgan fingerprint density at radius 1 is 1.13 bits per heavy atom. The van der Waals surface area contributed by atoms with Crippen molar-refractivity contribution in [2.24, 2.45) is 5.14 Å². The van der Waals surface area contributed by atoms with Gasteiger partial charge in [-0.25, -0.2) is 18.5 Å². The van der Waals surface area contributed by atoms with Crippen molar-refractivity contribution >= 4 is 32.8 Å². The number of benzene rings is 2. The second-order valence-corrected chi connectivity index (χ2v) is 9.23. The first-order valence-electron chi connectivity index (χ1n) is 9.46. The molecule has 9 nitrogen and oxygen atoms in total. The molecule has 0 saturated carbocycles. The van der Waals surface area contributed by atoms with Crippen molar-refractivity contribution in [1.29, 1.82) is 0 Å². The number of tetrazole rings is 1. The van der Waals surface area contributed by atoms with Crippen molar-refractivity contribution in [2.45, 2.75) is 42.1 Å². The van der Waals surface area contributed by atoms with Crippen molar-refractivity contribution in [1.82, 2.24) is 29.8 Å². The van der Waals surface area contributed by atoms with Gasteiger partial charge in [0, 0.05) is 6.54 Å². The fraction of sp³-hybridized carbons (Fsp3) is 0.263. The zero-order valence-corrected chi connectivity index (χ0v) is 18.0. The van der Waals surface area contributed by atoms with Crippen molar-refractivity contribution < 1.29 is 8.42 Å². The Morgan fingerprint density at radius 3 is 2.67 bits per heavy atom. The normalized spacial score (nSPS) is 11.9. The van der Waals surface area contributed by atoms with E-state index in [-0.39, 0.29) is 4.90 Å². The number of nitrogens with two attached hydrogens (primary N) is 1. The number of unbranched alkanes of at least 4 members (excludes halogenated alkanes) is 1. The van der Waals surface area contributed by atoms with Crippen LogP contribution in [-0.2, 0) is 22.3 Å². The van der Waals surface area contributed by atoms with Gasteiger partial charge in [-0.2, -0.15) is 4.68 Å². The summed E-state index contributed by atoms with van der Waals surface area (Å²) in [5.41, 5.74) is 2.36. The summed E-state index contributed by atoms with van der Waals surface area (Å²) in [5, 5.41) is 18.1. The number of imidazole rings is 1. The standard InChI is InChI=1S/C19H21N7O2S2/c1-2-3-11-25-17-10-9-15(30(20,27)28)12-16(17)21-19(25)29-13-18-22-23-24-26(18)14-7-5-4-6-8-14/h4-10,12H,2-3,11,13H2,1H3,(H2,20,27,28). The smallest absolute Gasteiger partial charge is 0.238 e. The molecule has 0 aliphatic carbocycles. The lowest BCUT2D eigenvalue weighted by Crippen LogP contribution is -2.11. The highest BCUT2D eigenvalue weighted by Gasteiger charge is 2.17. The van der Waals surface area contributed by atoms with Gasteiger partial charge in [0.1, 0.15) is 0 Å². The fourth-order valence-corrected chi connectivity index (χ4v) is 4.58. The zero-order valence-electron chi connectivity index (χ0n) is 16.3. The van der Waals surface area contributed by atoms with Crippen LogP contribution in [0, 0.1) is 0 Å². The van der Waals surface area contributed by atoms with Gasteiger partial charge in [0.15, 0.2) is 11.0 Å². The van der Waals surface area contributed by atoms with E-state index in [0.717, 1.165) is 35.7 Å². The maximum atomic E-state index is 11.7. The average molecular weight is 444 g/mol. The van der Waals surface area contributed by atoms with Crippen LogP contribution in [0.15, 0.2) is 58.6 Å². The molecule has 0 amide bonds. The number of hydrogen-bond donors (Lipinski definition) is 1. The average Bonchev–Trinajstić information content (AvgIpc) is 3.34. The highest BCUT2D eigenvalue weighted by molar-refractivity contribution is 7.98. The maximum absolute atomic E-state index is 11.7. The Balaban J connectivity index is 1.66. The summed E-state index contributed by atoms with van der Waals surface area (Å²) < 4.78 is 27.2. The third-order valence-corrected chi connectivity index (χ3v) is 6.50. The van der Waals surface area contributed by atoms with E-state index in [1.54, 1.807) is 10.7 Å². The van der Waals surface area contributed by atoms with Gasteiger partial charge in [-0.1, -0.05) is 43.3 Å². The molecular formula is C19H21N7O2S2. The third kappa shape index (κ3) is 4.23. The van der Waals surface area contributed by atoms with Gasteiger partial charge in [0.2, 0.25) is 10.0 Å². The first-order chi connectivity index (χ1) is 14.5. The summed E-state index contributed by atoms with van der Waals surface area (Å²) in [6.45, 7) is 2.91. The monoisotopic (exact) mass is 443 g/mol. The Kier molecular flexibility index (Phi) is 5.84. The maximum Gasteiger partial charge on any atom is 0.238 e. The number of aromatic nitrogens is 6. The van der Waals surface area contributed by atoms with Crippen molar-refractivity contribution in [3.8, 4) is 5.69 Å². The molecule has 2 N–H and O–H groups in total. The molecule has 0 unspecified atom stereocenters. The molecule has 0 radical (unpaired) electrons. The van der Waals surface area contributed by atoms with E-state index in [1.165, 1.54) is 23.9 Å². The number of fused-ring (bicyclic) bond motifs is 1. The molecule has 4 aromatic rings. The number of sulfonamides is 1. The van der Waals surface area contributed by atoms with E-state index in [2.05, 4.69) is 32.0 Å². The zero-order chi connectivity index (χ0) is 21.1. The van der Waals surface area contributed by atoms with Crippen LogP contribution >= 0.6 is 11.8 Å². The van der Waals surface area contributed by atoms with Crippen molar-refractivity contribution in [3.05, 3.63) is 54.4 Å². The molecule has 30 heavy (non-hydrogen) atoms. The van der Waals surface area contributed by atoms with Crippen LogP contribution in [-0.4, -0.2) is 38.2 Å². The van der Waals surface area contributed by atoms with Crippen LogP contribution in [0.2, 0.25) is 0 Å². The van der Waals surface area contributed by atoms with Gasteiger partial charge in [-0.05, 0) is 47.2 Å². The lowest BCUT2D eigenvalue weighted by atomic mass is 10.3. The molecule has 0 atom stereocenters. The van der Waals surface area contributed by atoms with Crippen LogP contribution in [0.1, 0.15) is 25.6 Å². The molecule has 11 heteroatoms. The number of aryl methyl sites for hydroxylation is 1. The predicted octanol–water partition coefficient (Wildman–Crippen LogP) is 2.75. The Morgan fingerprint density at radius 2 is 1.93 bits per heavy atom. The molecule has 0 spiro atoms. The summed E-state index contributed by atoms with van der Waals surface area (Å²) >= 11 is 1.51. The first kappa shape index (κ1) is 20.5. The quantitative estimate of drug-likeness (QED) is 0.416. The summed E-state index contributed by atoms with van der Waals surface area (Å²) in [7, 11) is -3.78. The lowest BCUT2D eigenvalue weighted by molar-refractivity contribution is 0.597. The van der Waals surface area contributed by atoms with E-state index < -0.39 is 10.0 Å². The minimum atomic E-state index is -3.78. The van der Waals surface area contributed by atoms with E-state index in [1.807, 2.05) is 30.3 Å². The number of para-hydroxylation sites is 1. The molecule has 0 aliphatic heterocycles. The van der Waals surface area contributed by atoms with Gasteiger partial charge in [-0.3, -0.25) is 0 Å². The minimum Gasteiger partial charge on any atom is -0.319 e. The number of rotatable bonds is 8. The Bertz CT molecular complexity index is 1270. The summed E-state index contributed by atoms with van der Waals surface area (Å²) in [6, 6.07) is 14.5. The van der Waals surface area contributed by atoms with E-state index in [9.17, 15) is 8.42 Å². The molecule has 2 aromatic heterocycles. The van der Waals surface area contributed by atoms with E-state index >= 15 is 0 Å². The van der Waals surface area contributed by atoms with E-state index in [4.69, 9.17) is 5.14 Å². The fourth-order valence-electron chi connectivity index (χ4n) is 3.10. The lowest BCUT2D eigenvalue weighted by Gasteiger charge is -2.08. The SMILES string of the molecule is CCCCn1c(SCc2nnnn2-c2ccccc2)nc2cc(S(N)(=O)=O)ccc21. The van der Waals surface area contributed by atoms with Crippen molar-refractivity contribution in [3.63, 3.8) is 0 Å². The Hall–Kier alpha value is -2.76. The van der Waals surface area contributed by atoms with Crippen LogP contribution in [0.3, 0.4) is 0 Å². The number of nitrogens with zero attached hydrogens (tertiary/aromatic N) is 6. The molecular weight excluding hydrogens is 422 g/mol. The summed E-state index contributed by atoms with van der Waals surface area (Å²) in [4.78, 5) is 4.72. The van der Waals surface area contributed by atoms with Gasteiger partial charge in [0.05, 0.1) is 27.4 Å². The van der Waals surface area contributed by atoms with Gasteiger partial charge < -0.3 is 4.57 Å². The molecule has 0 bridgehead atoms. The molecule has 0 aliphatic rings. The topological polar surface area (TPSA) is 122 Å². The van der Waals surface area contributed by atoms with Gasteiger partial charge in [-0.15, -0.1) is 5.10 Å². The largest absolute Gasteiger partial charge is 0.319 e. The molecule has 0 saturated heterocycles. The first-order valence-corrected chi connectivity index (χ1v) is 12.0. The second kappa shape index (κ2) is 8.54. The number of primary sulfonamides is 1. The third-order valence-electron chi connectivity index (χ3n) is 4.61. The van der Waals surface area contributed by atoms with Crippen LogP contribution in [0.5, 0.6) is 0 Å². The van der Waals surface area contributed by atoms with E-state index in [0.29, 0.717) is 17.1 Å². The molecule has 4 rings (SSSR count). The highest BCUT2D eigenvalue weighted by atomic mass is 32.2. The van der Waals surface area contributed by atoms with Crippen LogP contribution in [0.4, 0.5) is 0 Å². The number of hydrogen-bond acceptors (Lipinski definition) is 7. The summed E-state index contributed by atoms with van der Waals surface area (Å²) in [6.07, 6.45) is 2.02. The van der Waals surface area contributed by atoms with Crippen LogP contribution in [0.25, 0.3) is 16.7 Å². The minimum absolute atomic E-state index is 0.0553. The highest BCUT2D eigenvalue weighted by Crippen LogP contribution is 2.28. The summed E-state index contributed by atoms with van der Waals surface area (Å²) in [5.74, 6) is 1.21. The molecule has 2 heterocycles. The predicted molar refractivity (Wildman–Crippen MR) is 115 cm³/mol. The molecule has 2 aromatic carbocycles. The number of thioether (sulfide) groups is 1. The van der Waals surface area contributed by atoms with Crippen LogP contribution < -0.4 is 5.14 Å². The molecule has 156 valence electrons.